The lowest BCUT2D eigenvalue weighted by atomic mass is 10.3. The van der Waals surface area contributed by atoms with E-state index in [-0.39, 0.29) is 12.5 Å². The van der Waals surface area contributed by atoms with Gasteiger partial charge in [0.05, 0.1) is 5.56 Å². The van der Waals surface area contributed by atoms with E-state index >= 15 is 0 Å². The van der Waals surface area contributed by atoms with Crippen molar-refractivity contribution < 1.29 is 4.79 Å². The standard InChI is InChI=1S/C10H13N3O3/c1-3-8(14)11-5-7-6-13(4-2)10(16)12-9(7)15/h3,6H,1,4-5H2,2H3,(H,11,14)(H,12,15,16). The van der Waals surface area contributed by atoms with Crippen molar-refractivity contribution in [3.05, 3.63) is 45.3 Å². The predicted octanol–water partition coefficient (Wildman–Crippen LogP) is -0.641. The summed E-state index contributed by atoms with van der Waals surface area (Å²) in [4.78, 5) is 35.7. The van der Waals surface area contributed by atoms with Gasteiger partial charge >= 0.3 is 5.69 Å². The van der Waals surface area contributed by atoms with E-state index < -0.39 is 11.2 Å². The molecular formula is C10H13N3O3. The second kappa shape index (κ2) is 5.11. The van der Waals surface area contributed by atoms with Crippen molar-refractivity contribution in [1.29, 1.82) is 0 Å². The SMILES string of the molecule is C=CC(=O)NCc1cn(CC)c(=O)[nH]c1=O. The molecule has 0 radical (unpaired) electrons. The van der Waals surface area contributed by atoms with Crippen LogP contribution in [0.3, 0.4) is 0 Å². The quantitative estimate of drug-likeness (QED) is 0.666. The Morgan fingerprint density at radius 1 is 1.62 bits per heavy atom. The second-order valence-corrected chi connectivity index (χ2v) is 3.12. The van der Waals surface area contributed by atoms with Gasteiger partial charge in [0.2, 0.25) is 5.91 Å². The van der Waals surface area contributed by atoms with Crippen molar-refractivity contribution >= 4 is 5.91 Å². The first-order valence-corrected chi connectivity index (χ1v) is 4.81. The summed E-state index contributed by atoms with van der Waals surface area (Å²) in [5.41, 5.74) is -0.609. The molecule has 1 aromatic heterocycles. The van der Waals surface area contributed by atoms with Crippen molar-refractivity contribution in [2.75, 3.05) is 0 Å². The maximum Gasteiger partial charge on any atom is 0.328 e. The van der Waals surface area contributed by atoms with Gasteiger partial charge in [-0.15, -0.1) is 0 Å². The Labute approximate surface area is 91.6 Å². The van der Waals surface area contributed by atoms with Gasteiger partial charge in [-0.05, 0) is 13.0 Å². The van der Waals surface area contributed by atoms with Gasteiger partial charge in [0.25, 0.3) is 5.56 Å². The summed E-state index contributed by atoms with van der Waals surface area (Å²) in [6, 6.07) is 0. The Morgan fingerprint density at radius 2 is 2.31 bits per heavy atom. The summed E-state index contributed by atoms with van der Waals surface area (Å²) >= 11 is 0. The fourth-order valence-corrected chi connectivity index (χ4v) is 1.17. The highest BCUT2D eigenvalue weighted by molar-refractivity contribution is 5.86. The molecule has 86 valence electrons. The van der Waals surface area contributed by atoms with E-state index in [2.05, 4.69) is 16.9 Å². The number of nitrogens with zero attached hydrogens (tertiary/aromatic N) is 1. The number of H-pyrrole nitrogens is 1. The number of aromatic nitrogens is 2. The van der Waals surface area contributed by atoms with Crippen LogP contribution >= 0.6 is 0 Å². The molecule has 1 heterocycles. The molecule has 0 bridgehead atoms. The molecule has 0 atom stereocenters. The minimum Gasteiger partial charge on any atom is -0.348 e. The van der Waals surface area contributed by atoms with Crippen LogP contribution in [0.1, 0.15) is 12.5 Å². The van der Waals surface area contributed by atoms with Crippen molar-refractivity contribution in [2.24, 2.45) is 0 Å². The zero-order valence-corrected chi connectivity index (χ0v) is 8.95. The van der Waals surface area contributed by atoms with Gasteiger partial charge < -0.3 is 9.88 Å². The topological polar surface area (TPSA) is 84.0 Å². The van der Waals surface area contributed by atoms with Crippen LogP contribution in [0, 0.1) is 0 Å². The maximum absolute atomic E-state index is 11.4. The van der Waals surface area contributed by atoms with Crippen LogP contribution in [0.15, 0.2) is 28.4 Å². The smallest absolute Gasteiger partial charge is 0.328 e. The summed E-state index contributed by atoms with van der Waals surface area (Å²) in [7, 11) is 0. The molecule has 6 nitrogen and oxygen atoms in total. The third-order valence-corrected chi connectivity index (χ3v) is 2.06. The van der Waals surface area contributed by atoms with Crippen LogP contribution in [0.25, 0.3) is 0 Å². The molecule has 6 heteroatoms. The minimum atomic E-state index is -0.487. The van der Waals surface area contributed by atoms with Crippen molar-refractivity contribution in [3.8, 4) is 0 Å². The van der Waals surface area contributed by atoms with Crippen LogP contribution in [-0.2, 0) is 17.9 Å². The van der Waals surface area contributed by atoms with Gasteiger partial charge in [-0.25, -0.2) is 4.79 Å². The minimum absolute atomic E-state index is 0.0699. The molecular weight excluding hydrogens is 210 g/mol. The number of rotatable bonds is 4. The predicted molar refractivity (Wildman–Crippen MR) is 59.0 cm³/mol. The number of hydrogen-bond acceptors (Lipinski definition) is 3. The van der Waals surface area contributed by atoms with E-state index in [0.717, 1.165) is 6.08 Å². The number of nitrogens with one attached hydrogen (secondary N) is 2. The third-order valence-electron chi connectivity index (χ3n) is 2.06. The van der Waals surface area contributed by atoms with Crippen molar-refractivity contribution in [1.82, 2.24) is 14.9 Å². The normalized spacial score (nSPS) is 9.81. The molecule has 0 aliphatic heterocycles. The van der Waals surface area contributed by atoms with Gasteiger partial charge in [0.15, 0.2) is 0 Å². The van der Waals surface area contributed by atoms with Crippen LogP contribution in [0.5, 0.6) is 0 Å². The Balaban J connectivity index is 2.96. The number of hydrogen-bond donors (Lipinski definition) is 2. The lowest BCUT2D eigenvalue weighted by Gasteiger charge is -2.05. The highest BCUT2D eigenvalue weighted by atomic mass is 16.2. The second-order valence-electron chi connectivity index (χ2n) is 3.12. The average Bonchev–Trinajstić information content (AvgIpc) is 2.27. The molecule has 0 spiro atoms. The van der Waals surface area contributed by atoms with Crippen molar-refractivity contribution in [2.45, 2.75) is 20.0 Å². The van der Waals surface area contributed by atoms with Gasteiger partial charge in [0, 0.05) is 19.3 Å². The van der Waals surface area contributed by atoms with E-state index in [1.807, 2.05) is 0 Å². The van der Waals surface area contributed by atoms with Crippen molar-refractivity contribution in [3.63, 3.8) is 0 Å². The number of aryl methyl sites for hydroxylation is 1. The molecule has 0 fully saturated rings. The number of aromatic amines is 1. The molecule has 0 saturated heterocycles. The molecule has 1 aromatic rings. The molecule has 0 saturated carbocycles. The van der Waals surface area contributed by atoms with E-state index in [9.17, 15) is 14.4 Å². The fraction of sp³-hybridized carbons (Fsp3) is 0.300. The Kier molecular flexibility index (Phi) is 3.82. The Hall–Kier alpha value is -2.11. The molecule has 0 unspecified atom stereocenters. The first-order chi connectivity index (χ1) is 7.58. The summed E-state index contributed by atoms with van der Waals surface area (Å²) < 4.78 is 1.36. The van der Waals surface area contributed by atoms with Crippen LogP contribution in [0.2, 0.25) is 0 Å². The van der Waals surface area contributed by atoms with Crippen LogP contribution in [0.4, 0.5) is 0 Å². The van der Waals surface area contributed by atoms with Gasteiger partial charge in [-0.3, -0.25) is 14.6 Å². The molecule has 0 aliphatic rings. The molecule has 16 heavy (non-hydrogen) atoms. The summed E-state index contributed by atoms with van der Waals surface area (Å²) in [6.07, 6.45) is 2.55. The molecule has 0 aromatic carbocycles. The summed E-state index contributed by atoms with van der Waals surface area (Å²) in [5, 5.41) is 2.47. The zero-order valence-electron chi connectivity index (χ0n) is 8.95. The highest BCUT2D eigenvalue weighted by Crippen LogP contribution is 1.87. The largest absolute Gasteiger partial charge is 0.348 e. The van der Waals surface area contributed by atoms with E-state index in [1.54, 1.807) is 6.92 Å². The fourth-order valence-electron chi connectivity index (χ4n) is 1.17. The van der Waals surface area contributed by atoms with E-state index in [4.69, 9.17) is 0 Å². The summed E-state index contributed by atoms with van der Waals surface area (Å²) in [5.74, 6) is -0.367. The average molecular weight is 223 g/mol. The van der Waals surface area contributed by atoms with Crippen LogP contribution in [-0.4, -0.2) is 15.5 Å². The number of carbonyl (C=O) groups excluding carboxylic acids is 1. The van der Waals surface area contributed by atoms with E-state index in [0.29, 0.717) is 12.1 Å². The first kappa shape index (κ1) is 12.0. The zero-order chi connectivity index (χ0) is 12.1. The van der Waals surface area contributed by atoms with Gasteiger partial charge in [-0.1, -0.05) is 6.58 Å². The highest BCUT2D eigenvalue weighted by Gasteiger charge is 2.04. The number of amides is 1. The lowest BCUT2D eigenvalue weighted by molar-refractivity contribution is -0.116. The molecule has 1 rings (SSSR count). The molecule has 2 N–H and O–H groups in total. The van der Waals surface area contributed by atoms with E-state index in [1.165, 1.54) is 10.8 Å². The Morgan fingerprint density at radius 3 is 2.88 bits per heavy atom. The Bertz CT molecular complexity index is 513. The number of carbonyl (C=O) groups is 1. The van der Waals surface area contributed by atoms with Gasteiger partial charge in [0.1, 0.15) is 0 Å². The molecule has 1 amide bonds. The van der Waals surface area contributed by atoms with Gasteiger partial charge in [-0.2, -0.15) is 0 Å². The molecule has 0 aliphatic carbocycles. The monoisotopic (exact) mass is 223 g/mol. The first-order valence-electron chi connectivity index (χ1n) is 4.81. The summed E-state index contributed by atoms with van der Waals surface area (Å²) in [6.45, 7) is 5.60. The van der Waals surface area contributed by atoms with Crippen LogP contribution < -0.4 is 16.6 Å². The lowest BCUT2D eigenvalue weighted by Crippen LogP contribution is -2.34. The third kappa shape index (κ3) is 2.69. The maximum atomic E-state index is 11.4.